The molecule has 5 heteroatoms. The zero-order chi connectivity index (χ0) is 11.5. The van der Waals surface area contributed by atoms with Crippen molar-refractivity contribution in [1.82, 2.24) is 4.90 Å². The molecule has 1 aromatic carbocycles. The fraction of sp³-hybridized carbons (Fsp3) is 0.500. The van der Waals surface area contributed by atoms with Gasteiger partial charge < -0.3 is 5.73 Å². The van der Waals surface area contributed by atoms with Gasteiger partial charge in [-0.1, -0.05) is 12.1 Å². The molecule has 1 atom stereocenters. The fourth-order valence-corrected chi connectivity index (χ4v) is 2.16. The second-order valence-electron chi connectivity index (χ2n) is 4.34. The molecule has 0 amide bonds. The highest BCUT2D eigenvalue weighted by molar-refractivity contribution is 5.85. The number of hydrogen-bond acceptors (Lipinski definition) is 2. The summed E-state index contributed by atoms with van der Waals surface area (Å²) in [7, 11) is 0. The van der Waals surface area contributed by atoms with Crippen molar-refractivity contribution in [3.63, 3.8) is 0 Å². The van der Waals surface area contributed by atoms with Gasteiger partial charge >= 0.3 is 0 Å². The Labute approximate surface area is 106 Å². The molecule has 96 valence electrons. The monoisotopic (exact) mass is 262 g/mol. The Bertz CT molecular complexity index is 374. The summed E-state index contributed by atoms with van der Waals surface area (Å²) in [4.78, 5) is 2.12. The van der Waals surface area contributed by atoms with Crippen LogP contribution < -0.4 is 5.73 Å². The normalized spacial score (nSPS) is 20.3. The third-order valence-electron chi connectivity index (χ3n) is 3.13. The van der Waals surface area contributed by atoms with Crippen LogP contribution in [0.2, 0.25) is 0 Å². The van der Waals surface area contributed by atoms with Crippen LogP contribution in [-0.4, -0.2) is 24.5 Å². The Hall–Kier alpha value is -0.710. The molecule has 1 saturated heterocycles. The summed E-state index contributed by atoms with van der Waals surface area (Å²) in [6, 6.07) is 4.32. The predicted molar refractivity (Wildman–Crippen MR) is 66.0 cm³/mol. The van der Waals surface area contributed by atoms with Gasteiger partial charge in [0.25, 0.3) is 0 Å². The molecule has 0 radical (unpaired) electrons. The summed E-state index contributed by atoms with van der Waals surface area (Å²) in [5.41, 5.74) is 6.01. The number of benzene rings is 1. The fourth-order valence-electron chi connectivity index (χ4n) is 2.16. The molecule has 1 fully saturated rings. The number of nitrogens with zero attached hydrogens (tertiary/aromatic N) is 1. The van der Waals surface area contributed by atoms with E-state index in [0.29, 0.717) is 24.6 Å². The van der Waals surface area contributed by atoms with Crippen molar-refractivity contribution >= 4 is 12.4 Å². The van der Waals surface area contributed by atoms with Crippen LogP contribution in [0.5, 0.6) is 0 Å². The van der Waals surface area contributed by atoms with Crippen LogP contribution in [0, 0.1) is 17.6 Å². The maximum atomic E-state index is 13.4. The Morgan fingerprint density at radius 3 is 2.76 bits per heavy atom. The smallest absolute Gasteiger partial charge is 0.163 e. The maximum absolute atomic E-state index is 13.4. The van der Waals surface area contributed by atoms with Gasteiger partial charge in [-0.2, -0.15) is 0 Å². The first-order chi connectivity index (χ1) is 7.70. The van der Waals surface area contributed by atoms with E-state index in [1.165, 1.54) is 0 Å². The lowest BCUT2D eigenvalue weighted by molar-refractivity contribution is 0.310. The molecular weight excluding hydrogens is 246 g/mol. The zero-order valence-corrected chi connectivity index (χ0v) is 10.4. The summed E-state index contributed by atoms with van der Waals surface area (Å²) >= 11 is 0. The number of hydrogen-bond donors (Lipinski definition) is 1. The molecule has 2 rings (SSSR count). The second kappa shape index (κ2) is 6.28. The van der Waals surface area contributed by atoms with Gasteiger partial charge in [-0.05, 0) is 31.5 Å². The average Bonchev–Trinajstić information content (AvgIpc) is 2.73. The van der Waals surface area contributed by atoms with E-state index in [-0.39, 0.29) is 12.4 Å². The molecule has 0 bridgehead atoms. The van der Waals surface area contributed by atoms with E-state index in [1.54, 1.807) is 12.1 Å². The molecule has 1 aliphatic heterocycles. The average molecular weight is 263 g/mol. The number of halogens is 3. The second-order valence-corrected chi connectivity index (χ2v) is 4.34. The first-order valence-electron chi connectivity index (χ1n) is 5.56. The van der Waals surface area contributed by atoms with E-state index in [1.807, 2.05) is 0 Å². The summed E-state index contributed by atoms with van der Waals surface area (Å²) in [5, 5.41) is 0. The molecular formula is C12H17ClF2N2. The maximum Gasteiger partial charge on any atom is 0.163 e. The van der Waals surface area contributed by atoms with Crippen LogP contribution in [0.3, 0.4) is 0 Å². The lowest BCUT2D eigenvalue weighted by atomic mass is 10.1. The van der Waals surface area contributed by atoms with Crippen molar-refractivity contribution in [1.29, 1.82) is 0 Å². The van der Waals surface area contributed by atoms with Gasteiger partial charge in [0.2, 0.25) is 0 Å². The first kappa shape index (κ1) is 14.4. The summed E-state index contributed by atoms with van der Waals surface area (Å²) in [5.74, 6) is -0.998. The van der Waals surface area contributed by atoms with Crippen molar-refractivity contribution in [2.75, 3.05) is 19.6 Å². The van der Waals surface area contributed by atoms with Gasteiger partial charge in [-0.15, -0.1) is 12.4 Å². The van der Waals surface area contributed by atoms with Crippen molar-refractivity contribution in [3.8, 4) is 0 Å². The van der Waals surface area contributed by atoms with Gasteiger partial charge in [0.15, 0.2) is 11.6 Å². The first-order valence-corrected chi connectivity index (χ1v) is 5.56. The molecule has 2 N–H and O–H groups in total. The summed E-state index contributed by atoms with van der Waals surface area (Å²) in [6.07, 6.45) is 1.05. The molecule has 1 heterocycles. The van der Waals surface area contributed by atoms with E-state index in [0.717, 1.165) is 25.6 Å². The third-order valence-corrected chi connectivity index (χ3v) is 3.13. The Morgan fingerprint density at radius 2 is 2.12 bits per heavy atom. The van der Waals surface area contributed by atoms with E-state index in [4.69, 9.17) is 5.73 Å². The largest absolute Gasteiger partial charge is 0.330 e. The van der Waals surface area contributed by atoms with Gasteiger partial charge in [0.1, 0.15) is 0 Å². The Balaban J connectivity index is 0.00000144. The highest BCUT2D eigenvalue weighted by atomic mass is 35.5. The van der Waals surface area contributed by atoms with Gasteiger partial charge in [-0.25, -0.2) is 8.78 Å². The topological polar surface area (TPSA) is 29.3 Å². The van der Waals surface area contributed by atoms with Gasteiger partial charge in [-0.3, -0.25) is 4.90 Å². The van der Waals surface area contributed by atoms with Crippen molar-refractivity contribution < 1.29 is 8.78 Å². The molecule has 0 spiro atoms. The molecule has 17 heavy (non-hydrogen) atoms. The van der Waals surface area contributed by atoms with Crippen molar-refractivity contribution in [3.05, 3.63) is 35.4 Å². The summed E-state index contributed by atoms with van der Waals surface area (Å²) in [6.45, 7) is 2.94. The number of nitrogens with two attached hydrogens (primary N) is 1. The minimum absolute atomic E-state index is 0. The van der Waals surface area contributed by atoms with E-state index < -0.39 is 11.6 Å². The molecule has 0 saturated carbocycles. The van der Waals surface area contributed by atoms with E-state index in [2.05, 4.69) is 4.90 Å². The minimum Gasteiger partial charge on any atom is -0.330 e. The quantitative estimate of drug-likeness (QED) is 0.905. The SMILES string of the molecule is Cl.NCC1CCN(Cc2cccc(F)c2F)C1. The van der Waals surface area contributed by atoms with Crippen LogP contribution >= 0.6 is 12.4 Å². The standard InChI is InChI=1S/C12H16F2N2.ClH/c13-11-3-1-2-10(12(11)14)8-16-5-4-9(6-15)7-16;/h1-3,9H,4-8,15H2;1H. The van der Waals surface area contributed by atoms with Crippen LogP contribution in [0.1, 0.15) is 12.0 Å². The van der Waals surface area contributed by atoms with Crippen molar-refractivity contribution in [2.24, 2.45) is 11.7 Å². The molecule has 0 aromatic heterocycles. The molecule has 1 aliphatic rings. The lowest BCUT2D eigenvalue weighted by Crippen LogP contribution is -2.23. The van der Waals surface area contributed by atoms with Gasteiger partial charge in [0, 0.05) is 18.7 Å². The van der Waals surface area contributed by atoms with Crippen LogP contribution in [-0.2, 0) is 6.54 Å². The lowest BCUT2D eigenvalue weighted by Gasteiger charge is -2.16. The molecule has 1 unspecified atom stereocenters. The number of rotatable bonds is 3. The van der Waals surface area contributed by atoms with Gasteiger partial charge in [0.05, 0.1) is 0 Å². The molecule has 0 aliphatic carbocycles. The third kappa shape index (κ3) is 3.37. The minimum atomic E-state index is -0.771. The molecule has 1 aromatic rings. The van der Waals surface area contributed by atoms with Crippen molar-refractivity contribution in [2.45, 2.75) is 13.0 Å². The van der Waals surface area contributed by atoms with Crippen LogP contribution in [0.4, 0.5) is 8.78 Å². The Kier molecular flexibility index (Phi) is 5.31. The van der Waals surface area contributed by atoms with Crippen LogP contribution in [0.25, 0.3) is 0 Å². The molecule has 2 nitrogen and oxygen atoms in total. The zero-order valence-electron chi connectivity index (χ0n) is 9.53. The van der Waals surface area contributed by atoms with Crippen LogP contribution in [0.15, 0.2) is 18.2 Å². The number of likely N-dealkylation sites (tertiary alicyclic amines) is 1. The summed E-state index contributed by atoms with van der Waals surface area (Å²) < 4.78 is 26.4. The highest BCUT2D eigenvalue weighted by Gasteiger charge is 2.22. The highest BCUT2D eigenvalue weighted by Crippen LogP contribution is 2.19. The van der Waals surface area contributed by atoms with E-state index in [9.17, 15) is 8.78 Å². The van der Waals surface area contributed by atoms with E-state index >= 15 is 0 Å². The predicted octanol–water partition coefficient (Wildman–Crippen LogP) is 2.17. The Morgan fingerprint density at radius 1 is 1.35 bits per heavy atom.